The molecule has 9 heteroatoms. The number of carbonyl (C=O) groups is 1. The number of phenolic OH excluding ortho intramolecular Hbond substituents is 1. The average Bonchev–Trinajstić information content (AvgIpc) is 3.24. The van der Waals surface area contributed by atoms with Crippen LogP contribution in [0, 0.1) is 0 Å². The van der Waals surface area contributed by atoms with Crippen LogP contribution in [-0.4, -0.2) is 59.5 Å². The number of pyridine rings is 1. The quantitative estimate of drug-likeness (QED) is 0.354. The lowest BCUT2D eigenvalue weighted by Crippen LogP contribution is -2.43. The van der Waals surface area contributed by atoms with E-state index >= 15 is 0 Å². The molecule has 0 radical (unpaired) electrons. The maximum absolute atomic E-state index is 13.1. The summed E-state index contributed by atoms with van der Waals surface area (Å²) in [5.41, 5.74) is 10.5. The van der Waals surface area contributed by atoms with Gasteiger partial charge in [0.05, 0.1) is 23.8 Å². The minimum atomic E-state index is -0.533. The van der Waals surface area contributed by atoms with Gasteiger partial charge in [-0.3, -0.25) is 5.10 Å². The summed E-state index contributed by atoms with van der Waals surface area (Å²) in [5, 5.41) is 20.6. The van der Waals surface area contributed by atoms with Gasteiger partial charge in [0, 0.05) is 43.0 Å². The molecule has 0 amide bonds. The third-order valence-electron chi connectivity index (χ3n) is 5.90. The van der Waals surface area contributed by atoms with Crippen LogP contribution in [-0.2, 0) is 4.74 Å². The van der Waals surface area contributed by atoms with Crippen molar-refractivity contribution in [3.63, 3.8) is 0 Å². The molecule has 2 aromatic carbocycles. The first-order valence-corrected chi connectivity index (χ1v) is 10.7. The number of aromatic hydroxyl groups is 1. The molecule has 5 rings (SSSR count). The summed E-state index contributed by atoms with van der Waals surface area (Å²) in [6, 6.07) is 14.5. The smallest absolute Gasteiger partial charge is 0.340 e. The highest BCUT2D eigenvalue weighted by Gasteiger charge is 2.26. The Balaban J connectivity index is 1.73. The van der Waals surface area contributed by atoms with Crippen molar-refractivity contribution in [1.82, 2.24) is 20.5 Å². The zero-order chi connectivity index (χ0) is 22.9. The first-order valence-electron chi connectivity index (χ1n) is 10.7. The zero-order valence-corrected chi connectivity index (χ0v) is 18.1. The molecule has 0 spiro atoms. The Bertz CT molecular complexity index is 1310. The molecule has 33 heavy (non-hydrogen) atoms. The standard InChI is InChI=1S/C24H24N6O3/c1-33-24(32)19-18(14-2-6-16(7-3-14)30-12-10-26-11-13-30)20-22(25)28-29-23(20)27-21(19)15-4-8-17(31)9-5-15/h2-9,26,31H,10-13H2,1H3,(H3,25,27,28,29). The van der Waals surface area contributed by atoms with Crippen LogP contribution < -0.4 is 16.0 Å². The second-order valence-corrected chi connectivity index (χ2v) is 7.87. The van der Waals surface area contributed by atoms with E-state index in [4.69, 9.17) is 10.5 Å². The number of carbonyl (C=O) groups excluding carboxylic acids is 1. The molecule has 1 saturated heterocycles. The summed E-state index contributed by atoms with van der Waals surface area (Å²) in [7, 11) is 1.34. The number of hydrogen-bond acceptors (Lipinski definition) is 8. The third kappa shape index (κ3) is 3.72. The predicted molar refractivity (Wildman–Crippen MR) is 127 cm³/mol. The molecule has 1 aliphatic heterocycles. The largest absolute Gasteiger partial charge is 0.508 e. The van der Waals surface area contributed by atoms with Crippen molar-refractivity contribution in [2.24, 2.45) is 0 Å². The lowest BCUT2D eigenvalue weighted by Gasteiger charge is -2.29. The molecule has 5 N–H and O–H groups in total. The van der Waals surface area contributed by atoms with Crippen LogP contribution >= 0.6 is 0 Å². The van der Waals surface area contributed by atoms with E-state index < -0.39 is 5.97 Å². The number of rotatable bonds is 4. The van der Waals surface area contributed by atoms with Crippen molar-refractivity contribution in [1.29, 1.82) is 0 Å². The van der Waals surface area contributed by atoms with E-state index in [0.717, 1.165) is 37.4 Å². The molecule has 0 atom stereocenters. The van der Waals surface area contributed by atoms with Crippen LogP contribution in [0.2, 0.25) is 0 Å². The van der Waals surface area contributed by atoms with Gasteiger partial charge in [-0.2, -0.15) is 5.10 Å². The maximum atomic E-state index is 13.1. The number of aromatic nitrogens is 3. The van der Waals surface area contributed by atoms with Gasteiger partial charge in [-0.1, -0.05) is 12.1 Å². The number of aromatic amines is 1. The fourth-order valence-corrected chi connectivity index (χ4v) is 4.26. The molecule has 1 fully saturated rings. The van der Waals surface area contributed by atoms with Crippen LogP contribution in [0.3, 0.4) is 0 Å². The van der Waals surface area contributed by atoms with Gasteiger partial charge in [-0.25, -0.2) is 9.78 Å². The second kappa shape index (κ2) is 8.44. The van der Waals surface area contributed by atoms with E-state index in [1.165, 1.54) is 7.11 Å². The average molecular weight is 444 g/mol. The Morgan fingerprint density at radius 2 is 1.73 bits per heavy atom. The van der Waals surface area contributed by atoms with Gasteiger partial charge in [0.1, 0.15) is 5.75 Å². The van der Waals surface area contributed by atoms with Crippen molar-refractivity contribution in [3.8, 4) is 28.1 Å². The number of nitrogen functional groups attached to an aromatic ring is 1. The molecule has 0 saturated carbocycles. The summed E-state index contributed by atoms with van der Waals surface area (Å²) >= 11 is 0. The van der Waals surface area contributed by atoms with Gasteiger partial charge in [-0.05, 0) is 42.0 Å². The first kappa shape index (κ1) is 20.8. The van der Waals surface area contributed by atoms with Crippen molar-refractivity contribution in [2.75, 3.05) is 43.9 Å². The number of anilines is 2. The number of nitrogens with two attached hydrogens (primary N) is 1. The second-order valence-electron chi connectivity index (χ2n) is 7.87. The van der Waals surface area contributed by atoms with Gasteiger partial charge < -0.3 is 25.8 Å². The number of H-pyrrole nitrogens is 1. The number of benzene rings is 2. The van der Waals surface area contributed by atoms with Crippen LogP contribution in [0.1, 0.15) is 10.4 Å². The topological polar surface area (TPSA) is 129 Å². The Morgan fingerprint density at radius 1 is 1.06 bits per heavy atom. The fourth-order valence-electron chi connectivity index (χ4n) is 4.26. The van der Waals surface area contributed by atoms with Crippen LogP contribution in [0.15, 0.2) is 48.5 Å². The Labute approximate surface area is 190 Å². The number of esters is 1. The molecule has 0 aliphatic carbocycles. The van der Waals surface area contributed by atoms with Crippen LogP contribution in [0.4, 0.5) is 11.5 Å². The summed E-state index contributed by atoms with van der Waals surface area (Å²) in [6.45, 7) is 3.76. The summed E-state index contributed by atoms with van der Waals surface area (Å²) in [4.78, 5) is 20.0. The SMILES string of the molecule is COC(=O)c1c(-c2ccc(O)cc2)nc2[nH]nc(N)c2c1-c1ccc(N2CCNCC2)cc1. The summed E-state index contributed by atoms with van der Waals surface area (Å²) in [6.07, 6.45) is 0. The minimum Gasteiger partial charge on any atom is -0.508 e. The number of fused-ring (bicyclic) bond motifs is 1. The number of phenols is 1. The molecular weight excluding hydrogens is 420 g/mol. The lowest BCUT2D eigenvalue weighted by atomic mass is 9.93. The lowest BCUT2D eigenvalue weighted by molar-refractivity contribution is 0.0602. The zero-order valence-electron chi connectivity index (χ0n) is 18.1. The highest BCUT2D eigenvalue weighted by molar-refractivity contribution is 6.13. The first-order chi connectivity index (χ1) is 16.1. The van der Waals surface area contributed by atoms with Crippen molar-refractivity contribution < 1.29 is 14.6 Å². The number of nitrogens with zero attached hydrogens (tertiary/aromatic N) is 3. The molecule has 168 valence electrons. The molecule has 2 aromatic heterocycles. The molecule has 0 unspecified atom stereocenters. The van der Waals surface area contributed by atoms with E-state index in [1.54, 1.807) is 24.3 Å². The van der Waals surface area contributed by atoms with Gasteiger partial charge in [0.2, 0.25) is 0 Å². The Hall–Kier alpha value is -4.11. The fraction of sp³-hybridized carbons (Fsp3) is 0.208. The van der Waals surface area contributed by atoms with Crippen molar-refractivity contribution >= 4 is 28.5 Å². The van der Waals surface area contributed by atoms with E-state index in [0.29, 0.717) is 33.4 Å². The molecule has 0 bridgehead atoms. The number of piperazine rings is 1. The number of methoxy groups -OCH3 is 1. The van der Waals surface area contributed by atoms with Gasteiger partial charge in [-0.15, -0.1) is 0 Å². The van der Waals surface area contributed by atoms with Gasteiger partial charge in [0.25, 0.3) is 0 Å². The van der Waals surface area contributed by atoms with Gasteiger partial charge >= 0.3 is 5.97 Å². The number of ether oxygens (including phenoxy) is 1. The van der Waals surface area contributed by atoms with Crippen molar-refractivity contribution in [3.05, 3.63) is 54.1 Å². The predicted octanol–water partition coefficient (Wildman–Crippen LogP) is 2.78. The van der Waals surface area contributed by atoms with Crippen LogP contribution in [0.25, 0.3) is 33.4 Å². The van der Waals surface area contributed by atoms with E-state index in [9.17, 15) is 9.90 Å². The highest BCUT2D eigenvalue weighted by atomic mass is 16.5. The highest BCUT2D eigenvalue weighted by Crippen LogP contribution is 2.39. The normalized spacial score (nSPS) is 13.9. The Kier molecular flexibility index (Phi) is 5.31. The van der Waals surface area contributed by atoms with Gasteiger partial charge in [0.15, 0.2) is 11.5 Å². The molecule has 9 nitrogen and oxygen atoms in total. The molecule has 3 heterocycles. The Morgan fingerprint density at radius 3 is 2.39 bits per heavy atom. The van der Waals surface area contributed by atoms with E-state index in [2.05, 4.69) is 25.4 Å². The molecule has 4 aromatic rings. The van der Waals surface area contributed by atoms with Crippen molar-refractivity contribution in [2.45, 2.75) is 0 Å². The van der Waals surface area contributed by atoms with E-state index in [1.807, 2.05) is 24.3 Å². The monoisotopic (exact) mass is 444 g/mol. The van der Waals surface area contributed by atoms with Crippen LogP contribution in [0.5, 0.6) is 5.75 Å². The maximum Gasteiger partial charge on any atom is 0.340 e. The molecule has 1 aliphatic rings. The van der Waals surface area contributed by atoms with E-state index in [-0.39, 0.29) is 11.6 Å². The third-order valence-corrected chi connectivity index (χ3v) is 5.90. The number of hydrogen-bond donors (Lipinski definition) is 4. The molecular formula is C24H24N6O3. The minimum absolute atomic E-state index is 0.119. The number of nitrogens with one attached hydrogen (secondary N) is 2. The summed E-state index contributed by atoms with van der Waals surface area (Å²) < 4.78 is 5.15. The summed E-state index contributed by atoms with van der Waals surface area (Å²) in [5.74, 6) is -0.163.